The molecule has 0 radical (unpaired) electrons. The number of carbonyl (C=O) groups excluding carboxylic acids is 1. The lowest BCUT2D eigenvalue weighted by Gasteiger charge is -2.15. The van der Waals surface area contributed by atoms with E-state index < -0.39 is 0 Å². The molecule has 164 valence electrons. The van der Waals surface area contributed by atoms with Gasteiger partial charge in [-0.1, -0.05) is 37.1 Å². The van der Waals surface area contributed by atoms with Crippen molar-refractivity contribution in [2.75, 3.05) is 20.1 Å². The standard InChI is InChI=1S/C22H32N6O.HI/c1-23-22(25-13-12-24-21(29)15-18-7-2-3-8-18)26-16-19-9-4-5-10-20(19)17-28-14-6-11-27-28;/h4-6,9-11,14,18H,2-3,7-8,12-13,15-17H2,1H3,(H,24,29)(H2,23,25,26);1H. The Morgan fingerprint density at radius 2 is 1.83 bits per heavy atom. The molecule has 1 aromatic heterocycles. The van der Waals surface area contributed by atoms with E-state index in [1.807, 2.05) is 29.1 Å². The Kier molecular flexibility index (Phi) is 10.7. The van der Waals surface area contributed by atoms with E-state index in [1.54, 1.807) is 13.2 Å². The molecule has 1 aromatic carbocycles. The van der Waals surface area contributed by atoms with Crippen LogP contribution in [0.2, 0.25) is 0 Å². The van der Waals surface area contributed by atoms with Gasteiger partial charge in [0.15, 0.2) is 5.96 Å². The number of nitrogens with zero attached hydrogens (tertiary/aromatic N) is 3. The number of benzene rings is 1. The maximum Gasteiger partial charge on any atom is 0.220 e. The molecule has 7 nitrogen and oxygen atoms in total. The predicted molar refractivity (Wildman–Crippen MR) is 131 cm³/mol. The zero-order valence-electron chi connectivity index (χ0n) is 17.6. The second kappa shape index (κ2) is 13.3. The quantitative estimate of drug-likeness (QED) is 0.204. The Labute approximate surface area is 196 Å². The molecule has 3 rings (SSSR count). The zero-order chi connectivity index (χ0) is 20.3. The molecular weight excluding hydrogens is 491 g/mol. The van der Waals surface area contributed by atoms with Gasteiger partial charge in [-0.25, -0.2) is 0 Å². The third kappa shape index (κ3) is 7.97. The van der Waals surface area contributed by atoms with Crippen molar-refractivity contribution in [1.29, 1.82) is 0 Å². The minimum Gasteiger partial charge on any atom is -0.355 e. The van der Waals surface area contributed by atoms with Crippen LogP contribution in [0.25, 0.3) is 0 Å². The molecule has 1 saturated carbocycles. The Bertz CT molecular complexity index is 787. The average molecular weight is 524 g/mol. The molecule has 2 aromatic rings. The average Bonchev–Trinajstić information content (AvgIpc) is 3.43. The number of hydrogen-bond acceptors (Lipinski definition) is 3. The van der Waals surface area contributed by atoms with Gasteiger partial charge in [0.2, 0.25) is 5.91 Å². The first-order valence-corrected chi connectivity index (χ1v) is 10.5. The number of aromatic nitrogens is 2. The van der Waals surface area contributed by atoms with E-state index in [9.17, 15) is 4.79 Å². The third-order valence-corrected chi connectivity index (χ3v) is 5.37. The number of aliphatic imine (C=N–C) groups is 1. The maximum atomic E-state index is 12.0. The summed E-state index contributed by atoms with van der Waals surface area (Å²) in [5.74, 6) is 1.47. The number of rotatable bonds is 9. The Morgan fingerprint density at radius 3 is 2.53 bits per heavy atom. The summed E-state index contributed by atoms with van der Waals surface area (Å²) < 4.78 is 1.92. The first-order valence-electron chi connectivity index (χ1n) is 10.5. The first-order chi connectivity index (χ1) is 14.2. The van der Waals surface area contributed by atoms with Gasteiger partial charge in [-0.2, -0.15) is 5.10 Å². The second-order valence-electron chi connectivity index (χ2n) is 7.53. The molecule has 0 unspecified atom stereocenters. The van der Waals surface area contributed by atoms with E-state index in [1.165, 1.54) is 36.8 Å². The van der Waals surface area contributed by atoms with E-state index >= 15 is 0 Å². The molecule has 1 amide bonds. The van der Waals surface area contributed by atoms with Crippen LogP contribution >= 0.6 is 24.0 Å². The fourth-order valence-electron chi connectivity index (χ4n) is 3.78. The van der Waals surface area contributed by atoms with Gasteiger partial charge >= 0.3 is 0 Å². The summed E-state index contributed by atoms with van der Waals surface area (Å²) in [5.41, 5.74) is 2.43. The predicted octanol–water partition coefficient (Wildman–Crippen LogP) is 2.91. The van der Waals surface area contributed by atoms with Crippen molar-refractivity contribution < 1.29 is 4.79 Å². The summed E-state index contributed by atoms with van der Waals surface area (Å²) in [6.45, 7) is 2.65. The van der Waals surface area contributed by atoms with Crippen LogP contribution in [0, 0.1) is 5.92 Å². The number of halogens is 1. The zero-order valence-corrected chi connectivity index (χ0v) is 20.0. The van der Waals surface area contributed by atoms with Gasteiger partial charge in [-0.15, -0.1) is 24.0 Å². The van der Waals surface area contributed by atoms with Crippen molar-refractivity contribution in [2.45, 2.75) is 45.2 Å². The van der Waals surface area contributed by atoms with E-state index in [2.05, 4.69) is 38.2 Å². The van der Waals surface area contributed by atoms with Crippen molar-refractivity contribution in [3.8, 4) is 0 Å². The van der Waals surface area contributed by atoms with E-state index in [-0.39, 0.29) is 29.9 Å². The van der Waals surface area contributed by atoms with E-state index in [4.69, 9.17) is 0 Å². The van der Waals surface area contributed by atoms with Crippen LogP contribution in [0.3, 0.4) is 0 Å². The highest BCUT2D eigenvalue weighted by molar-refractivity contribution is 14.0. The van der Waals surface area contributed by atoms with Crippen LogP contribution in [0.5, 0.6) is 0 Å². The molecular formula is C22H33IN6O. The lowest BCUT2D eigenvalue weighted by Crippen LogP contribution is -2.41. The van der Waals surface area contributed by atoms with Crippen LogP contribution < -0.4 is 16.0 Å². The minimum absolute atomic E-state index is 0. The Balaban J connectivity index is 0.00000320. The molecule has 8 heteroatoms. The Hall–Kier alpha value is -2.10. The molecule has 1 fully saturated rings. The van der Waals surface area contributed by atoms with E-state index in [0.29, 0.717) is 32.0 Å². The maximum absolute atomic E-state index is 12.0. The molecule has 0 aliphatic heterocycles. The lowest BCUT2D eigenvalue weighted by atomic mass is 10.0. The van der Waals surface area contributed by atoms with Crippen molar-refractivity contribution in [3.63, 3.8) is 0 Å². The highest BCUT2D eigenvalue weighted by Gasteiger charge is 2.17. The van der Waals surface area contributed by atoms with Gasteiger partial charge in [0.05, 0.1) is 6.54 Å². The molecule has 30 heavy (non-hydrogen) atoms. The number of nitrogens with one attached hydrogen (secondary N) is 3. The summed E-state index contributed by atoms with van der Waals surface area (Å²) in [4.78, 5) is 16.3. The molecule has 0 spiro atoms. The second-order valence-corrected chi connectivity index (χ2v) is 7.53. The number of guanidine groups is 1. The van der Waals surface area contributed by atoms with Crippen molar-refractivity contribution >= 4 is 35.8 Å². The molecule has 1 heterocycles. The summed E-state index contributed by atoms with van der Waals surface area (Å²) >= 11 is 0. The van der Waals surface area contributed by atoms with Gasteiger partial charge in [0, 0.05) is 45.5 Å². The SMILES string of the molecule is CN=C(NCCNC(=O)CC1CCCC1)NCc1ccccc1Cn1cccn1.I. The fraction of sp³-hybridized carbons (Fsp3) is 0.500. The van der Waals surface area contributed by atoms with Crippen molar-refractivity contribution in [3.05, 3.63) is 53.9 Å². The highest BCUT2D eigenvalue weighted by Crippen LogP contribution is 2.27. The number of carbonyl (C=O) groups is 1. The number of hydrogen-bond donors (Lipinski definition) is 3. The number of amides is 1. The van der Waals surface area contributed by atoms with Crippen LogP contribution in [-0.4, -0.2) is 41.8 Å². The largest absolute Gasteiger partial charge is 0.355 e. The highest BCUT2D eigenvalue weighted by atomic mass is 127. The normalized spacial score (nSPS) is 14.2. The molecule has 0 bridgehead atoms. The fourth-order valence-corrected chi connectivity index (χ4v) is 3.78. The molecule has 0 saturated heterocycles. The van der Waals surface area contributed by atoms with Crippen LogP contribution in [-0.2, 0) is 17.9 Å². The lowest BCUT2D eigenvalue weighted by molar-refractivity contribution is -0.121. The molecule has 0 atom stereocenters. The minimum atomic E-state index is 0. The van der Waals surface area contributed by atoms with Crippen LogP contribution in [0.4, 0.5) is 0 Å². The summed E-state index contributed by atoms with van der Waals surface area (Å²) in [6.07, 6.45) is 9.36. The van der Waals surface area contributed by atoms with Gasteiger partial charge in [-0.3, -0.25) is 14.5 Å². The van der Waals surface area contributed by atoms with Gasteiger partial charge in [0.1, 0.15) is 0 Å². The van der Waals surface area contributed by atoms with Crippen LogP contribution in [0.15, 0.2) is 47.7 Å². The van der Waals surface area contributed by atoms with Gasteiger partial charge in [0.25, 0.3) is 0 Å². The third-order valence-electron chi connectivity index (χ3n) is 5.37. The topological polar surface area (TPSA) is 83.3 Å². The molecule has 1 aliphatic rings. The monoisotopic (exact) mass is 524 g/mol. The van der Waals surface area contributed by atoms with E-state index in [0.717, 1.165) is 12.5 Å². The molecule has 1 aliphatic carbocycles. The van der Waals surface area contributed by atoms with Gasteiger partial charge < -0.3 is 16.0 Å². The summed E-state index contributed by atoms with van der Waals surface area (Å²) in [6, 6.07) is 10.2. The van der Waals surface area contributed by atoms with Crippen molar-refractivity contribution in [2.24, 2.45) is 10.9 Å². The van der Waals surface area contributed by atoms with Crippen molar-refractivity contribution in [1.82, 2.24) is 25.7 Å². The smallest absolute Gasteiger partial charge is 0.220 e. The van der Waals surface area contributed by atoms with Gasteiger partial charge in [-0.05, 0) is 36.0 Å². The van der Waals surface area contributed by atoms with Crippen LogP contribution in [0.1, 0.15) is 43.2 Å². The summed E-state index contributed by atoms with van der Waals surface area (Å²) in [7, 11) is 1.75. The molecule has 3 N–H and O–H groups in total. The Morgan fingerprint density at radius 1 is 1.10 bits per heavy atom. The summed E-state index contributed by atoms with van der Waals surface area (Å²) in [5, 5.41) is 13.9. The first kappa shape index (κ1) is 24.2.